The van der Waals surface area contributed by atoms with Gasteiger partial charge in [0.15, 0.2) is 0 Å². The van der Waals surface area contributed by atoms with Crippen molar-refractivity contribution in [3.63, 3.8) is 0 Å². The fourth-order valence-electron chi connectivity index (χ4n) is 4.21. The van der Waals surface area contributed by atoms with Crippen LogP contribution in [0, 0.1) is 0 Å². The quantitative estimate of drug-likeness (QED) is 0.334. The van der Waals surface area contributed by atoms with Gasteiger partial charge in [0.25, 0.3) is 0 Å². The molecule has 6 heteroatoms. The zero-order chi connectivity index (χ0) is 22.8. The average molecular weight is 433 g/mol. The molecule has 6 nitrogen and oxygen atoms in total. The molecule has 2 aromatic heterocycles. The number of aromatic hydroxyl groups is 1. The van der Waals surface area contributed by atoms with E-state index in [1.165, 1.54) is 42.5 Å². The molecule has 2 aromatic carbocycles. The van der Waals surface area contributed by atoms with E-state index in [2.05, 4.69) is 34.6 Å². The Labute approximate surface area is 187 Å². The molecule has 32 heavy (non-hydrogen) atoms. The van der Waals surface area contributed by atoms with E-state index in [1.807, 2.05) is 29.8 Å². The predicted molar refractivity (Wildman–Crippen MR) is 126 cm³/mol. The maximum Gasteiger partial charge on any atom is 0.338 e. The van der Waals surface area contributed by atoms with Crippen molar-refractivity contribution in [1.29, 1.82) is 0 Å². The van der Waals surface area contributed by atoms with Crippen molar-refractivity contribution < 1.29 is 19.4 Å². The predicted octanol–water partition coefficient (Wildman–Crippen LogP) is 5.50. The minimum atomic E-state index is -0.443. The molecule has 166 valence electrons. The van der Waals surface area contributed by atoms with Crippen LogP contribution in [0.4, 0.5) is 0 Å². The third-order valence-corrected chi connectivity index (χ3v) is 6.07. The molecule has 1 N–H and O–H groups in total. The number of rotatable bonds is 5. The number of phenolic OH excluding ortho intramolecular Hbond substituents is 1. The lowest BCUT2D eigenvalue weighted by Crippen LogP contribution is -2.01. The van der Waals surface area contributed by atoms with Crippen LogP contribution in [-0.4, -0.2) is 33.6 Å². The van der Waals surface area contributed by atoms with Crippen molar-refractivity contribution in [2.45, 2.75) is 45.7 Å². The Bertz CT molecular complexity index is 1290. The smallest absolute Gasteiger partial charge is 0.338 e. The number of carbonyl (C=O) groups excluding carboxylic acids is 2. The number of aldehydes is 1. The highest BCUT2D eigenvalue weighted by atomic mass is 16.5. The number of fused-ring (bicyclic) bond motifs is 2. The summed E-state index contributed by atoms with van der Waals surface area (Å²) in [5, 5.41) is 11.9. The van der Waals surface area contributed by atoms with E-state index in [0.717, 1.165) is 35.8 Å². The highest BCUT2D eigenvalue weighted by Gasteiger charge is 2.26. The summed E-state index contributed by atoms with van der Waals surface area (Å²) in [5.41, 5.74) is 4.58. The summed E-state index contributed by atoms with van der Waals surface area (Å²) >= 11 is 0. The van der Waals surface area contributed by atoms with Crippen LogP contribution in [0.15, 0.2) is 48.8 Å². The van der Waals surface area contributed by atoms with E-state index in [9.17, 15) is 14.7 Å². The van der Waals surface area contributed by atoms with Crippen LogP contribution in [-0.2, 0) is 17.8 Å². The zero-order valence-electron chi connectivity index (χ0n) is 18.7. The topological polar surface area (TPSA) is 73.5 Å². The lowest BCUT2D eigenvalue weighted by Gasteiger charge is -2.06. The third-order valence-electron chi connectivity index (χ3n) is 6.07. The summed E-state index contributed by atoms with van der Waals surface area (Å²) in [6.45, 7) is 5.87. The normalized spacial score (nSPS) is 13.1. The molecule has 1 aliphatic rings. The number of carbonyl (C=O) groups is 2. The Balaban J connectivity index is 0.000000153. The van der Waals surface area contributed by atoms with Gasteiger partial charge in [0.1, 0.15) is 12.0 Å². The van der Waals surface area contributed by atoms with E-state index >= 15 is 0 Å². The van der Waals surface area contributed by atoms with Crippen molar-refractivity contribution >= 4 is 34.1 Å². The number of ether oxygens (including phenoxy) is 1. The van der Waals surface area contributed by atoms with Gasteiger partial charge >= 0.3 is 5.97 Å². The maximum atomic E-state index is 11.4. The van der Waals surface area contributed by atoms with E-state index in [-0.39, 0.29) is 5.75 Å². The maximum absolute atomic E-state index is 11.4. The van der Waals surface area contributed by atoms with Crippen molar-refractivity contribution in [2.24, 2.45) is 0 Å². The van der Waals surface area contributed by atoms with Crippen LogP contribution in [0.2, 0.25) is 0 Å². The van der Waals surface area contributed by atoms with Crippen molar-refractivity contribution in [3.8, 4) is 5.75 Å². The molecule has 0 saturated heterocycles. The molecular weight excluding hydrogens is 404 g/mol. The largest absolute Gasteiger partial charge is 0.507 e. The summed E-state index contributed by atoms with van der Waals surface area (Å²) in [6, 6.07) is 11.2. The lowest BCUT2D eigenvalue weighted by molar-refractivity contribution is 0.0600. The summed E-state index contributed by atoms with van der Waals surface area (Å²) in [6.07, 6.45) is 7.50. The second-order valence-electron chi connectivity index (χ2n) is 8.06. The van der Waals surface area contributed by atoms with E-state index in [4.69, 9.17) is 0 Å². The number of aromatic nitrogens is 2. The van der Waals surface area contributed by atoms with Gasteiger partial charge in [-0.1, -0.05) is 0 Å². The fraction of sp³-hybridized carbons (Fsp3) is 0.308. The molecule has 0 amide bonds. The SMILES string of the molecule is CCn1ccc2c(C3CC3)cc(C=O)cc21.CCn1ccc2c(O)cc(C(=O)OC)cc21. The minimum absolute atomic E-state index is 0.102. The van der Waals surface area contributed by atoms with Gasteiger partial charge in [-0.2, -0.15) is 0 Å². The number of esters is 1. The highest BCUT2D eigenvalue weighted by Crippen LogP contribution is 2.43. The first-order valence-electron chi connectivity index (χ1n) is 11.0. The first-order chi connectivity index (χ1) is 15.5. The first-order valence-corrected chi connectivity index (χ1v) is 11.0. The molecule has 0 bridgehead atoms. The Kier molecular flexibility index (Phi) is 6.04. The molecule has 0 radical (unpaired) electrons. The minimum Gasteiger partial charge on any atom is -0.507 e. The molecule has 0 aliphatic heterocycles. The molecule has 0 unspecified atom stereocenters. The van der Waals surface area contributed by atoms with Crippen LogP contribution < -0.4 is 0 Å². The number of nitrogens with zero attached hydrogens (tertiary/aromatic N) is 2. The average Bonchev–Trinajstić information content (AvgIpc) is 3.44. The second kappa shape index (κ2) is 8.91. The number of phenols is 1. The third kappa shape index (κ3) is 4.00. The van der Waals surface area contributed by atoms with Gasteiger partial charge in [0, 0.05) is 47.3 Å². The van der Waals surface area contributed by atoms with E-state index < -0.39 is 5.97 Å². The molecule has 2 heterocycles. The van der Waals surface area contributed by atoms with Gasteiger partial charge in [-0.05, 0) is 74.6 Å². The summed E-state index contributed by atoms with van der Waals surface area (Å²) < 4.78 is 8.79. The second-order valence-corrected chi connectivity index (χ2v) is 8.06. The van der Waals surface area contributed by atoms with Gasteiger partial charge in [-0.3, -0.25) is 4.79 Å². The Hall–Kier alpha value is -3.54. The molecule has 0 spiro atoms. The number of hydrogen-bond donors (Lipinski definition) is 1. The molecule has 1 aliphatic carbocycles. The Morgan fingerprint density at radius 3 is 2.22 bits per heavy atom. The molecule has 5 rings (SSSR count). The van der Waals surface area contributed by atoms with Crippen molar-refractivity contribution in [2.75, 3.05) is 7.11 Å². The zero-order valence-corrected chi connectivity index (χ0v) is 18.7. The van der Waals surface area contributed by atoms with Gasteiger partial charge < -0.3 is 19.0 Å². The van der Waals surface area contributed by atoms with Gasteiger partial charge in [-0.15, -0.1) is 0 Å². The van der Waals surface area contributed by atoms with Crippen LogP contribution in [0.5, 0.6) is 5.75 Å². The number of hydrogen-bond acceptors (Lipinski definition) is 4. The van der Waals surface area contributed by atoms with Gasteiger partial charge in [0.05, 0.1) is 18.2 Å². The number of benzene rings is 2. The molecule has 0 atom stereocenters. The highest BCUT2D eigenvalue weighted by molar-refractivity contribution is 5.97. The van der Waals surface area contributed by atoms with Gasteiger partial charge in [-0.25, -0.2) is 4.79 Å². The molecule has 1 saturated carbocycles. The summed E-state index contributed by atoms with van der Waals surface area (Å²) in [7, 11) is 1.32. The fourth-order valence-corrected chi connectivity index (χ4v) is 4.21. The Morgan fingerprint density at radius 2 is 1.66 bits per heavy atom. The lowest BCUT2D eigenvalue weighted by atomic mass is 10.0. The molecular formula is C26H28N2O4. The van der Waals surface area contributed by atoms with Crippen LogP contribution >= 0.6 is 0 Å². The Morgan fingerprint density at radius 1 is 1.03 bits per heavy atom. The standard InChI is InChI=1S/C14H15NO.C12H13NO3/c1-2-15-6-5-12-13(11-3-4-11)7-10(9-16)8-14(12)15;1-3-13-5-4-9-10(13)6-8(7-11(9)14)12(15)16-2/h5-9,11H,2-4H2,1H3;4-7,14H,3H2,1-2H3. The monoisotopic (exact) mass is 432 g/mol. The van der Waals surface area contributed by atoms with E-state index in [0.29, 0.717) is 11.5 Å². The van der Waals surface area contributed by atoms with Crippen LogP contribution in [0.25, 0.3) is 21.8 Å². The van der Waals surface area contributed by atoms with Gasteiger partial charge in [0.2, 0.25) is 0 Å². The van der Waals surface area contributed by atoms with Crippen LogP contribution in [0.1, 0.15) is 58.9 Å². The van der Waals surface area contributed by atoms with Crippen molar-refractivity contribution in [3.05, 3.63) is 65.5 Å². The molecule has 1 fully saturated rings. The first kappa shape index (κ1) is 21.7. The number of methoxy groups -OCH3 is 1. The van der Waals surface area contributed by atoms with Crippen molar-refractivity contribution in [1.82, 2.24) is 9.13 Å². The molecule has 4 aromatic rings. The number of aryl methyl sites for hydroxylation is 2. The van der Waals surface area contributed by atoms with E-state index in [1.54, 1.807) is 6.07 Å². The summed E-state index contributed by atoms with van der Waals surface area (Å²) in [4.78, 5) is 22.3. The van der Waals surface area contributed by atoms with Crippen LogP contribution in [0.3, 0.4) is 0 Å². The summed E-state index contributed by atoms with van der Waals surface area (Å²) in [5.74, 6) is 0.348.